The standard InChI is InChI=1S/C21H26N2O4S/c1-15(2)20(23-18(24)13-16-7-4-3-5-8-16)21(26)27-14-19(25)22-11-10-17-9-6-12-28-17/h3-9,12,15,20H,10-11,13-14H2,1-2H3,(H,22,25)(H,23,24)/t20-/m0/s1. The van der Waals surface area contributed by atoms with E-state index in [-0.39, 0.29) is 30.8 Å². The smallest absolute Gasteiger partial charge is 0.329 e. The molecule has 1 aromatic carbocycles. The molecule has 1 atom stereocenters. The Labute approximate surface area is 169 Å². The largest absolute Gasteiger partial charge is 0.454 e. The number of nitrogens with one attached hydrogen (secondary N) is 2. The molecule has 0 aliphatic rings. The number of thiophene rings is 1. The minimum Gasteiger partial charge on any atom is -0.454 e. The van der Waals surface area contributed by atoms with Crippen LogP contribution in [0.2, 0.25) is 0 Å². The summed E-state index contributed by atoms with van der Waals surface area (Å²) in [5, 5.41) is 7.41. The van der Waals surface area contributed by atoms with Crippen molar-refractivity contribution in [1.82, 2.24) is 10.6 Å². The Morgan fingerprint density at radius 3 is 2.43 bits per heavy atom. The average molecular weight is 403 g/mol. The van der Waals surface area contributed by atoms with Crippen molar-refractivity contribution in [2.75, 3.05) is 13.2 Å². The Kier molecular flexibility index (Phi) is 8.68. The summed E-state index contributed by atoms with van der Waals surface area (Å²) >= 11 is 1.63. The van der Waals surface area contributed by atoms with E-state index in [1.807, 2.05) is 61.7 Å². The molecule has 6 nitrogen and oxygen atoms in total. The fraction of sp³-hybridized carbons (Fsp3) is 0.381. The van der Waals surface area contributed by atoms with Gasteiger partial charge < -0.3 is 15.4 Å². The Morgan fingerprint density at radius 2 is 1.79 bits per heavy atom. The number of benzene rings is 1. The fourth-order valence-corrected chi connectivity index (χ4v) is 3.27. The molecule has 28 heavy (non-hydrogen) atoms. The summed E-state index contributed by atoms with van der Waals surface area (Å²) in [5.74, 6) is -1.38. The van der Waals surface area contributed by atoms with Gasteiger partial charge in [-0.15, -0.1) is 11.3 Å². The second-order valence-electron chi connectivity index (χ2n) is 6.74. The molecule has 2 aromatic rings. The molecular weight excluding hydrogens is 376 g/mol. The first-order valence-corrected chi connectivity index (χ1v) is 10.1. The SMILES string of the molecule is CC(C)[C@H](NC(=O)Cc1ccccc1)C(=O)OCC(=O)NCCc1cccs1. The second kappa shape index (κ2) is 11.2. The third-order valence-electron chi connectivity index (χ3n) is 4.06. The van der Waals surface area contributed by atoms with Gasteiger partial charge in [0, 0.05) is 11.4 Å². The lowest BCUT2D eigenvalue weighted by molar-refractivity contribution is -0.152. The Morgan fingerprint density at radius 1 is 1.04 bits per heavy atom. The van der Waals surface area contributed by atoms with Gasteiger partial charge in [0.15, 0.2) is 6.61 Å². The highest BCUT2D eigenvalue weighted by Crippen LogP contribution is 2.08. The molecule has 0 radical (unpaired) electrons. The van der Waals surface area contributed by atoms with Crippen LogP contribution >= 0.6 is 11.3 Å². The lowest BCUT2D eigenvalue weighted by atomic mass is 10.0. The summed E-state index contributed by atoms with van der Waals surface area (Å²) in [6.45, 7) is 3.75. The van der Waals surface area contributed by atoms with Gasteiger partial charge >= 0.3 is 5.97 Å². The topological polar surface area (TPSA) is 84.5 Å². The maximum Gasteiger partial charge on any atom is 0.329 e. The molecule has 1 heterocycles. The normalized spacial score (nSPS) is 11.7. The van der Waals surface area contributed by atoms with E-state index >= 15 is 0 Å². The van der Waals surface area contributed by atoms with Crippen LogP contribution in [0.25, 0.3) is 0 Å². The predicted octanol–water partition coefficient (Wildman–Crippen LogP) is 2.33. The summed E-state index contributed by atoms with van der Waals surface area (Å²) in [5.41, 5.74) is 0.862. The van der Waals surface area contributed by atoms with E-state index in [2.05, 4.69) is 10.6 Å². The van der Waals surface area contributed by atoms with E-state index in [1.54, 1.807) is 11.3 Å². The molecule has 0 unspecified atom stereocenters. The van der Waals surface area contributed by atoms with E-state index in [0.29, 0.717) is 6.54 Å². The van der Waals surface area contributed by atoms with Gasteiger partial charge in [0.05, 0.1) is 6.42 Å². The summed E-state index contributed by atoms with van der Waals surface area (Å²) < 4.78 is 5.10. The van der Waals surface area contributed by atoms with Gasteiger partial charge in [-0.2, -0.15) is 0 Å². The molecule has 0 bridgehead atoms. The second-order valence-corrected chi connectivity index (χ2v) is 7.77. The van der Waals surface area contributed by atoms with Crippen molar-refractivity contribution >= 4 is 29.1 Å². The fourth-order valence-electron chi connectivity index (χ4n) is 2.56. The predicted molar refractivity (Wildman–Crippen MR) is 109 cm³/mol. The highest BCUT2D eigenvalue weighted by molar-refractivity contribution is 7.09. The molecule has 0 spiro atoms. The minimum absolute atomic E-state index is 0.158. The minimum atomic E-state index is -0.796. The molecule has 0 saturated heterocycles. The molecule has 7 heteroatoms. The van der Waals surface area contributed by atoms with Crippen molar-refractivity contribution in [3.8, 4) is 0 Å². The van der Waals surface area contributed by atoms with Gasteiger partial charge in [-0.25, -0.2) is 4.79 Å². The number of rotatable bonds is 10. The van der Waals surface area contributed by atoms with E-state index in [0.717, 1.165) is 12.0 Å². The van der Waals surface area contributed by atoms with Gasteiger partial charge in [0.1, 0.15) is 6.04 Å². The Balaban J connectivity index is 1.75. The van der Waals surface area contributed by atoms with Gasteiger partial charge in [-0.3, -0.25) is 9.59 Å². The zero-order chi connectivity index (χ0) is 20.4. The number of carbonyl (C=O) groups is 3. The number of hydrogen-bond donors (Lipinski definition) is 2. The van der Waals surface area contributed by atoms with Crippen LogP contribution in [-0.4, -0.2) is 37.0 Å². The van der Waals surface area contributed by atoms with E-state index in [4.69, 9.17) is 4.74 Å². The van der Waals surface area contributed by atoms with Crippen LogP contribution in [-0.2, 0) is 32.0 Å². The summed E-state index contributed by atoms with van der Waals surface area (Å²) in [6.07, 6.45) is 0.919. The Bertz CT molecular complexity index is 760. The first kappa shape index (κ1) is 21.6. The third kappa shape index (κ3) is 7.52. The highest BCUT2D eigenvalue weighted by atomic mass is 32.1. The molecule has 2 rings (SSSR count). The number of amides is 2. The Hall–Kier alpha value is -2.67. The molecule has 0 aliphatic heterocycles. The molecule has 2 N–H and O–H groups in total. The molecule has 2 amide bonds. The first-order valence-electron chi connectivity index (χ1n) is 9.24. The average Bonchev–Trinajstić information content (AvgIpc) is 3.18. The van der Waals surface area contributed by atoms with Crippen molar-refractivity contribution in [1.29, 1.82) is 0 Å². The lowest BCUT2D eigenvalue weighted by Crippen LogP contribution is -2.46. The zero-order valence-corrected chi connectivity index (χ0v) is 17.0. The number of ether oxygens (including phenoxy) is 1. The van der Waals surface area contributed by atoms with Crippen LogP contribution in [0, 0.1) is 5.92 Å². The molecule has 0 aliphatic carbocycles. The number of hydrogen-bond acceptors (Lipinski definition) is 5. The van der Waals surface area contributed by atoms with Gasteiger partial charge in [0.2, 0.25) is 5.91 Å². The van der Waals surface area contributed by atoms with Crippen LogP contribution < -0.4 is 10.6 Å². The van der Waals surface area contributed by atoms with Crippen LogP contribution in [0.4, 0.5) is 0 Å². The van der Waals surface area contributed by atoms with Gasteiger partial charge in [0.25, 0.3) is 5.91 Å². The quantitative estimate of drug-likeness (QED) is 0.598. The monoisotopic (exact) mass is 402 g/mol. The van der Waals surface area contributed by atoms with Crippen molar-refractivity contribution in [2.45, 2.75) is 32.7 Å². The van der Waals surface area contributed by atoms with Crippen LogP contribution in [0.3, 0.4) is 0 Å². The zero-order valence-electron chi connectivity index (χ0n) is 16.1. The summed E-state index contributed by atoms with van der Waals surface area (Å²) in [4.78, 5) is 37.6. The van der Waals surface area contributed by atoms with E-state index in [1.165, 1.54) is 4.88 Å². The molecule has 150 valence electrons. The van der Waals surface area contributed by atoms with Gasteiger partial charge in [-0.1, -0.05) is 50.2 Å². The van der Waals surface area contributed by atoms with Gasteiger partial charge in [-0.05, 0) is 29.3 Å². The maximum atomic E-state index is 12.3. The molecule has 0 fully saturated rings. The third-order valence-corrected chi connectivity index (χ3v) is 5.00. The van der Waals surface area contributed by atoms with Crippen molar-refractivity contribution in [3.63, 3.8) is 0 Å². The number of carbonyl (C=O) groups excluding carboxylic acids is 3. The van der Waals surface area contributed by atoms with Crippen LogP contribution in [0.15, 0.2) is 47.8 Å². The number of esters is 1. The van der Waals surface area contributed by atoms with E-state index in [9.17, 15) is 14.4 Å². The van der Waals surface area contributed by atoms with Crippen molar-refractivity contribution in [2.24, 2.45) is 5.92 Å². The van der Waals surface area contributed by atoms with Crippen LogP contribution in [0.1, 0.15) is 24.3 Å². The molecule has 0 saturated carbocycles. The van der Waals surface area contributed by atoms with Crippen molar-refractivity contribution in [3.05, 3.63) is 58.3 Å². The maximum absolute atomic E-state index is 12.3. The molecular formula is C21H26N2O4S. The first-order chi connectivity index (χ1) is 13.5. The summed E-state index contributed by atoms with van der Waals surface area (Å²) in [7, 11) is 0. The van der Waals surface area contributed by atoms with Crippen LogP contribution in [0.5, 0.6) is 0 Å². The highest BCUT2D eigenvalue weighted by Gasteiger charge is 2.26. The van der Waals surface area contributed by atoms with E-state index < -0.39 is 12.0 Å². The molecule has 1 aromatic heterocycles. The van der Waals surface area contributed by atoms with Crippen molar-refractivity contribution < 1.29 is 19.1 Å². The summed E-state index contributed by atoms with van der Waals surface area (Å²) in [6, 6.07) is 12.5. The lowest BCUT2D eigenvalue weighted by Gasteiger charge is -2.20.